The molecule has 2 aliphatic rings. The zero-order valence-corrected chi connectivity index (χ0v) is 17.8. The van der Waals surface area contributed by atoms with E-state index in [1.54, 1.807) is 4.80 Å². The van der Waals surface area contributed by atoms with Crippen LogP contribution in [0.3, 0.4) is 0 Å². The number of piperidine rings is 2. The van der Waals surface area contributed by atoms with E-state index in [-0.39, 0.29) is 6.04 Å². The lowest BCUT2D eigenvalue weighted by Gasteiger charge is -2.34. The van der Waals surface area contributed by atoms with E-state index in [1.165, 1.54) is 0 Å². The van der Waals surface area contributed by atoms with Crippen LogP contribution in [0.1, 0.15) is 55.7 Å². The van der Waals surface area contributed by atoms with Crippen LogP contribution in [-0.4, -0.2) is 54.6 Å². The van der Waals surface area contributed by atoms with Crippen molar-refractivity contribution < 1.29 is 0 Å². The fourth-order valence-corrected chi connectivity index (χ4v) is 4.71. The van der Waals surface area contributed by atoms with Crippen molar-refractivity contribution >= 4 is 17.5 Å². The largest absolute Gasteiger partial charge is 0.331 e. The molecule has 0 aliphatic carbocycles. The van der Waals surface area contributed by atoms with Crippen LogP contribution in [0.4, 0.5) is 5.95 Å². The summed E-state index contributed by atoms with van der Waals surface area (Å²) < 4.78 is 2.16. The normalized spacial score (nSPS) is 20.6. The molecule has 2 aromatic heterocycles. The van der Waals surface area contributed by atoms with Gasteiger partial charge in [-0.25, -0.2) is 0 Å². The molecule has 0 bridgehead atoms. The number of tetrazole rings is 1. The number of anilines is 1. The summed E-state index contributed by atoms with van der Waals surface area (Å²) in [4.78, 5) is 3.84. The third kappa shape index (κ3) is 3.67. The van der Waals surface area contributed by atoms with E-state index in [4.69, 9.17) is 11.6 Å². The van der Waals surface area contributed by atoms with Gasteiger partial charge in [0.1, 0.15) is 5.82 Å². The number of hydrogen-bond acceptors (Lipinski definition) is 7. The van der Waals surface area contributed by atoms with Gasteiger partial charge in [0.05, 0.1) is 11.7 Å². The molecular weight excluding hydrogens is 402 g/mol. The highest BCUT2D eigenvalue weighted by Crippen LogP contribution is 2.34. The predicted molar refractivity (Wildman–Crippen MR) is 114 cm³/mol. The van der Waals surface area contributed by atoms with Crippen LogP contribution in [0.15, 0.2) is 24.3 Å². The van der Waals surface area contributed by atoms with Gasteiger partial charge in [-0.05, 0) is 68.6 Å². The predicted octanol–water partition coefficient (Wildman–Crippen LogP) is 2.64. The number of nitrogens with zero attached hydrogens (tertiary/aromatic N) is 8. The topological polar surface area (TPSA) is 89.6 Å². The Bertz CT molecular complexity index is 1010. The molecule has 0 amide bonds. The fraction of sp³-hybridized carbons (Fsp3) is 0.550. The van der Waals surface area contributed by atoms with Gasteiger partial charge in [0, 0.05) is 24.5 Å². The molecule has 9 nitrogen and oxygen atoms in total. The van der Waals surface area contributed by atoms with Crippen molar-refractivity contribution in [3.05, 3.63) is 40.9 Å². The van der Waals surface area contributed by atoms with Crippen molar-refractivity contribution in [1.82, 2.24) is 40.3 Å². The van der Waals surface area contributed by atoms with Crippen LogP contribution in [0, 0.1) is 0 Å². The third-order valence-electron chi connectivity index (χ3n) is 6.12. The Morgan fingerprint density at radius 2 is 1.93 bits per heavy atom. The first kappa shape index (κ1) is 19.4. The first-order valence-electron chi connectivity index (χ1n) is 10.6. The smallest absolute Gasteiger partial charge is 0.227 e. The Balaban J connectivity index is 1.43. The van der Waals surface area contributed by atoms with Crippen LogP contribution in [0.25, 0.3) is 5.69 Å². The highest BCUT2D eigenvalue weighted by Gasteiger charge is 2.32. The number of rotatable bonds is 4. The van der Waals surface area contributed by atoms with Gasteiger partial charge < -0.3 is 14.8 Å². The molecule has 0 spiro atoms. The minimum atomic E-state index is 0.0375. The maximum Gasteiger partial charge on any atom is 0.227 e. The van der Waals surface area contributed by atoms with E-state index in [0.29, 0.717) is 16.8 Å². The fourth-order valence-electron chi connectivity index (χ4n) is 4.53. The number of aromatic nitrogens is 7. The SMILES string of the molecule is Cn1c(C2CCNCC2)nnc1N1CCCCC1c1nnn(-c2cccc(Cl)c2)n1. The molecule has 10 heteroatoms. The second-order valence-electron chi connectivity index (χ2n) is 8.06. The summed E-state index contributed by atoms with van der Waals surface area (Å²) in [6.07, 6.45) is 5.42. The van der Waals surface area contributed by atoms with Crippen molar-refractivity contribution in [2.24, 2.45) is 7.05 Å². The summed E-state index contributed by atoms with van der Waals surface area (Å²) in [5, 5.41) is 26.6. The summed E-state index contributed by atoms with van der Waals surface area (Å²) in [5.74, 6) is 3.14. The Labute approximate surface area is 180 Å². The second-order valence-corrected chi connectivity index (χ2v) is 8.50. The number of halogens is 1. The van der Waals surface area contributed by atoms with Crippen LogP contribution in [0.5, 0.6) is 0 Å². The van der Waals surface area contributed by atoms with Crippen LogP contribution < -0.4 is 10.2 Å². The highest BCUT2D eigenvalue weighted by molar-refractivity contribution is 6.30. The minimum Gasteiger partial charge on any atom is -0.331 e. The lowest BCUT2D eigenvalue weighted by atomic mass is 9.97. The average Bonchev–Trinajstić information content (AvgIpc) is 3.42. The lowest BCUT2D eigenvalue weighted by Crippen LogP contribution is -2.36. The van der Waals surface area contributed by atoms with Gasteiger partial charge in [-0.1, -0.05) is 17.7 Å². The van der Waals surface area contributed by atoms with Crippen molar-refractivity contribution in [3.63, 3.8) is 0 Å². The third-order valence-corrected chi connectivity index (χ3v) is 6.35. The molecule has 2 fully saturated rings. The summed E-state index contributed by atoms with van der Waals surface area (Å²) in [5.41, 5.74) is 0.801. The molecular formula is C20H26ClN9. The van der Waals surface area contributed by atoms with Gasteiger partial charge in [-0.15, -0.1) is 25.2 Å². The first-order valence-corrected chi connectivity index (χ1v) is 11.0. The van der Waals surface area contributed by atoms with Crippen molar-refractivity contribution in [1.29, 1.82) is 0 Å². The van der Waals surface area contributed by atoms with E-state index in [9.17, 15) is 0 Å². The standard InChI is InChI=1S/C20H26ClN9/c1-28-19(14-8-10-22-11-9-14)24-25-20(28)29-12-3-2-7-17(29)18-23-27-30(26-18)16-6-4-5-15(21)13-16/h4-6,13-14,17,22H,2-3,7-12H2,1H3. The molecule has 3 aromatic rings. The summed E-state index contributed by atoms with van der Waals surface area (Å²) in [7, 11) is 2.08. The number of nitrogens with one attached hydrogen (secondary N) is 1. The van der Waals surface area contributed by atoms with E-state index in [2.05, 4.69) is 47.4 Å². The zero-order valence-electron chi connectivity index (χ0n) is 17.1. The van der Waals surface area contributed by atoms with Crippen LogP contribution in [-0.2, 0) is 7.05 Å². The molecule has 1 atom stereocenters. The van der Waals surface area contributed by atoms with Gasteiger partial charge in [0.25, 0.3) is 0 Å². The summed E-state index contributed by atoms with van der Waals surface area (Å²) in [6.45, 7) is 2.99. The van der Waals surface area contributed by atoms with Gasteiger partial charge in [-0.3, -0.25) is 0 Å². The number of hydrogen-bond donors (Lipinski definition) is 1. The van der Waals surface area contributed by atoms with Gasteiger partial charge in [0.15, 0.2) is 5.82 Å². The molecule has 0 saturated carbocycles. The summed E-state index contributed by atoms with van der Waals surface area (Å²) in [6, 6.07) is 7.51. The van der Waals surface area contributed by atoms with Crippen molar-refractivity contribution in [2.75, 3.05) is 24.5 Å². The molecule has 2 saturated heterocycles. The molecule has 1 N–H and O–H groups in total. The van der Waals surface area contributed by atoms with E-state index < -0.39 is 0 Å². The first-order chi connectivity index (χ1) is 14.7. The Morgan fingerprint density at radius 1 is 1.07 bits per heavy atom. The van der Waals surface area contributed by atoms with Crippen LogP contribution in [0.2, 0.25) is 5.02 Å². The molecule has 158 valence electrons. The average molecular weight is 428 g/mol. The minimum absolute atomic E-state index is 0.0375. The molecule has 30 heavy (non-hydrogen) atoms. The Kier molecular flexibility index (Phi) is 5.39. The van der Waals surface area contributed by atoms with Crippen LogP contribution >= 0.6 is 11.6 Å². The summed E-state index contributed by atoms with van der Waals surface area (Å²) >= 11 is 6.12. The zero-order chi connectivity index (χ0) is 20.5. The maximum absolute atomic E-state index is 6.12. The van der Waals surface area contributed by atoms with Gasteiger partial charge in [-0.2, -0.15) is 0 Å². The maximum atomic E-state index is 6.12. The van der Waals surface area contributed by atoms with E-state index >= 15 is 0 Å². The number of benzene rings is 1. The van der Waals surface area contributed by atoms with E-state index in [0.717, 1.165) is 69.2 Å². The lowest BCUT2D eigenvalue weighted by molar-refractivity contribution is 0.429. The molecule has 5 rings (SSSR count). The van der Waals surface area contributed by atoms with Crippen molar-refractivity contribution in [2.45, 2.75) is 44.1 Å². The highest BCUT2D eigenvalue weighted by atomic mass is 35.5. The molecule has 1 unspecified atom stereocenters. The second kappa shape index (κ2) is 8.31. The van der Waals surface area contributed by atoms with Gasteiger partial charge in [0.2, 0.25) is 5.95 Å². The quantitative estimate of drug-likeness (QED) is 0.684. The molecule has 2 aliphatic heterocycles. The molecule has 4 heterocycles. The van der Waals surface area contributed by atoms with Crippen molar-refractivity contribution in [3.8, 4) is 5.69 Å². The Hall–Kier alpha value is -2.52. The monoisotopic (exact) mass is 427 g/mol. The van der Waals surface area contributed by atoms with E-state index in [1.807, 2.05) is 24.3 Å². The Morgan fingerprint density at radius 3 is 2.77 bits per heavy atom. The van der Waals surface area contributed by atoms with Gasteiger partial charge >= 0.3 is 0 Å². The molecule has 1 aromatic carbocycles. The molecule has 0 radical (unpaired) electrons.